The summed E-state index contributed by atoms with van der Waals surface area (Å²) >= 11 is 0. The van der Waals surface area contributed by atoms with Gasteiger partial charge < -0.3 is 15.1 Å². The predicted octanol–water partition coefficient (Wildman–Crippen LogP) is 1.71. The van der Waals surface area contributed by atoms with Gasteiger partial charge in [-0.3, -0.25) is 5.10 Å². The molecule has 0 aromatic carbocycles. The molecular weight excluding hydrogens is 417 g/mol. The van der Waals surface area contributed by atoms with Crippen LogP contribution >= 0.6 is 24.0 Å². The van der Waals surface area contributed by atoms with Gasteiger partial charge in [0.25, 0.3) is 0 Å². The van der Waals surface area contributed by atoms with Gasteiger partial charge in [0.15, 0.2) is 5.96 Å². The van der Waals surface area contributed by atoms with Crippen LogP contribution in [0.5, 0.6) is 0 Å². The maximum atomic E-state index is 4.70. The van der Waals surface area contributed by atoms with Crippen LogP contribution in [0.25, 0.3) is 0 Å². The minimum atomic E-state index is 0. The third-order valence-electron chi connectivity index (χ3n) is 3.84. The maximum absolute atomic E-state index is 4.70. The van der Waals surface area contributed by atoms with Crippen molar-refractivity contribution in [2.45, 2.75) is 13.5 Å². The molecule has 0 amide bonds. The number of aliphatic imine (C=N–C) groups is 1. The summed E-state index contributed by atoms with van der Waals surface area (Å²) in [6.45, 7) is 7.34. The Balaban J connectivity index is 0.00000208. The number of hydrogen-bond donors (Lipinski definition) is 2. The number of aromatic nitrogens is 3. The van der Waals surface area contributed by atoms with Crippen LogP contribution in [-0.2, 0) is 6.54 Å². The zero-order valence-electron chi connectivity index (χ0n) is 13.9. The molecule has 2 N–H and O–H groups in total. The fourth-order valence-electron chi connectivity index (χ4n) is 2.65. The molecular formula is C16H24IN7. The number of anilines is 1. The number of hydrogen-bond acceptors (Lipinski definition) is 4. The first-order chi connectivity index (χ1) is 11.4. The van der Waals surface area contributed by atoms with Crippen LogP contribution in [0.15, 0.2) is 41.7 Å². The standard InChI is InChI=1S/C16H23N7.HI/c1-2-17-16(19-13-14-6-8-20-21-14)23-11-9-22(10-12-23)15-5-3-4-7-18-15;/h3-8H,2,9-13H2,1H3,(H,17,19)(H,20,21);1H. The third kappa shape index (κ3) is 4.83. The quantitative estimate of drug-likeness (QED) is 0.430. The van der Waals surface area contributed by atoms with Gasteiger partial charge in [0.05, 0.1) is 12.2 Å². The third-order valence-corrected chi connectivity index (χ3v) is 3.84. The Labute approximate surface area is 159 Å². The lowest BCUT2D eigenvalue weighted by molar-refractivity contribution is 0.371. The fraction of sp³-hybridized carbons (Fsp3) is 0.438. The zero-order chi connectivity index (χ0) is 15.9. The smallest absolute Gasteiger partial charge is 0.194 e. The second kappa shape index (κ2) is 9.45. The van der Waals surface area contributed by atoms with Gasteiger partial charge >= 0.3 is 0 Å². The Bertz CT molecular complexity index is 607. The summed E-state index contributed by atoms with van der Waals surface area (Å²) in [4.78, 5) is 13.8. The van der Waals surface area contributed by atoms with E-state index in [4.69, 9.17) is 4.99 Å². The van der Waals surface area contributed by atoms with Crippen molar-refractivity contribution in [3.63, 3.8) is 0 Å². The molecule has 3 heterocycles. The molecule has 0 aliphatic carbocycles. The minimum absolute atomic E-state index is 0. The zero-order valence-corrected chi connectivity index (χ0v) is 16.2. The fourth-order valence-corrected chi connectivity index (χ4v) is 2.65. The van der Waals surface area contributed by atoms with Crippen molar-refractivity contribution in [3.05, 3.63) is 42.4 Å². The van der Waals surface area contributed by atoms with Crippen LogP contribution in [0.4, 0.5) is 5.82 Å². The van der Waals surface area contributed by atoms with Gasteiger partial charge in [0.2, 0.25) is 0 Å². The highest BCUT2D eigenvalue weighted by atomic mass is 127. The van der Waals surface area contributed by atoms with Crippen molar-refractivity contribution in [2.75, 3.05) is 37.6 Å². The van der Waals surface area contributed by atoms with Crippen molar-refractivity contribution in [1.29, 1.82) is 0 Å². The Morgan fingerprint density at radius 1 is 1.21 bits per heavy atom. The number of pyridine rings is 1. The highest BCUT2D eigenvalue weighted by Gasteiger charge is 2.20. The molecule has 0 atom stereocenters. The normalized spacial score (nSPS) is 15.1. The number of aromatic amines is 1. The van der Waals surface area contributed by atoms with Crippen molar-refractivity contribution in [3.8, 4) is 0 Å². The maximum Gasteiger partial charge on any atom is 0.194 e. The van der Waals surface area contributed by atoms with Gasteiger partial charge in [-0.15, -0.1) is 24.0 Å². The van der Waals surface area contributed by atoms with Crippen molar-refractivity contribution < 1.29 is 0 Å². The highest BCUT2D eigenvalue weighted by molar-refractivity contribution is 14.0. The lowest BCUT2D eigenvalue weighted by atomic mass is 10.3. The first-order valence-corrected chi connectivity index (χ1v) is 8.04. The molecule has 3 rings (SSSR count). The van der Waals surface area contributed by atoms with Crippen LogP contribution in [0.3, 0.4) is 0 Å². The Kier molecular flexibility index (Phi) is 7.29. The summed E-state index contributed by atoms with van der Waals surface area (Å²) in [7, 11) is 0. The predicted molar refractivity (Wildman–Crippen MR) is 107 cm³/mol. The van der Waals surface area contributed by atoms with Crippen LogP contribution in [0, 0.1) is 0 Å². The molecule has 1 aliphatic rings. The first-order valence-electron chi connectivity index (χ1n) is 8.04. The molecule has 1 saturated heterocycles. The second-order valence-electron chi connectivity index (χ2n) is 5.41. The molecule has 24 heavy (non-hydrogen) atoms. The van der Waals surface area contributed by atoms with E-state index in [9.17, 15) is 0 Å². The Morgan fingerprint density at radius 2 is 2.04 bits per heavy atom. The summed E-state index contributed by atoms with van der Waals surface area (Å²) in [5, 5.41) is 10.3. The number of nitrogens with zero attached hydrogens (tertiary/aromatic N) is 5. The topological polar surface area (TPSA) is 72.4 Å². The van der Waals surface area contributed by atoms with E-state index in [1.165, 1.54) is 0 Å². The number of rotatable bonds is 4. The lowest BCUT2D eigenvalue weighted by Crippen LogP contribution is -2.52. The molecule has 1 aliphatic heterocycles. The average Bonchev–Trinajstić information content (AvgIpc) is 3.13. The SMILES string of the molecule is CCNC(=NCc1ccn[nH]1)N1CCN(c2ccccn2)CC1.I. The lowest BCUT2D eigenvalue weighted by Gasteiger charge is -2.37. The van der Waals surface area contributed by atoms with Gasteiger partial charge in [-0.2, -0.15) is 5.10 Å². The number of halogens is 1. The van der Waals surface area contributed by atoms with E-state index in [1.807, 2.05) is 24.4 Å². The van der Waals surface area contributed by atoms with Crippen molar-refractivity contribution in [1.82, 2.24) is 25.4 Å². The number of nitrogens with one attached hydrogen (secondary N) is 2. The van der Waals surface area contributed by atoms with E-state index in [1.54, 1.807) is 6.20 Å². The van der Waals surface area contributed by atoms with E-state index in [0.717, 1.165) is 50.2 Å². The van der Waals surface area contributed by atoms with Gasteiger partial charge in [0.1, 0.15) is 5.82 Å². The molecule has 0 bridgehead atoms. The molecule has 7 nitrogen and oxygen atoms in total. The van der Waals surface area contributed by atoms with Gasteiger partial charge in [-0.1, -0.05) is 6.07 Å². The van der Waals surface area contributed by atoms with E-state index < -0.39 is 0 Å². The number of guanidine groups is 1. The summed E-state index contributed by atoms with van der Waals surface area (Å²) in [5.41, 5.74) is 1.02. The van der Waals surface area contributed by atoms with E-state index in [2.05, 4.69) is 43.3 Å². The summed E-state index contributed by atoms with van der Waals surface area (Å²) in [6, 6.07) is 8.00. The largest absolute Gasteiger partial charge is 0.357 e. The van der Waals surface area contributed by atoms with E-state index >= 15 is 0 Å². The molecule has 1 fully saturated rings. The highest BCUT2D eigenvalue weighted by Crippen LogP contribution is 2.12. The molecule has 2 aromatic rings. The molecule has 2 aromatic heterocycles. The van der Waals surface area contributed by atoms with Crippen LogP contribution in [0.1, 0.15) is 12.6 Å². The molecule has 0 spiro atoms. The molecule has 8 heteroatoms. The van der Waals surface area contributed by atoms with E-state index in [-0.39, 0.29) is 24.0 Å². The number of piperazine rings is 1. The minimum Gasteiger partial charge on any atom is -0.357 e. The molecule has 0 saturated carbocycles. The van der Waals surface area contributed by atoms with Gasteiger partial charge in [0, 0.05) is 45.1 Å². The molecule has 0 radical (unpaired) electrons. The summed E-state index contributed by atoms with van der Waals surface area (Å²) in [6.07, 6.45) is 3.60. The van der Waals surface area contributed by atoms with Crippen LogP contribution in [-0.4, -0.2) is 58.8 Å². The number of H-pyrrole nitrogens is 1. The monoisotopic (exact) mass is 441 g/mol. The first kappa shape index (κ1) is 18.5. The van der Waals surface area contributed by atoms with Crippen LogP contribution in [0.2, 0.25) is 0 Å². The average molecular weight is 441 g/mol. The van der Waals surface area contributed by atoms with Crippen molar-refractivity contribution in [2.24, 2.45) is 4.99 Å². The van der Waals surface area contributed by atoms with Gasteiger partial charge in [-0.25, -0.2) is 9.98 Å². The van der Waals surface area contributed by atoms with E-state index in [0.29, 0.717) is 6.54 Å². The molecule has 0 unspecified atom stereocenters. The van der Waals surface area contributed by atoms with Gasteiger partial charge in [-0.05, 0) is 25.1 Å². The Hall–Kier alpha value is -1.84. The molecule has 130 valence electrons. The van der Waals surface area contributed by atoms with Crippen molar-refractivity contribution >= 4 is 35.8 Å². The summed E-state index contributed by atoms with van der Waals surface area (Å²) in [5.74, 6) is 2.01. The summed E-state index contributed by atoms with van der Waals surface area (Å²) < 4.78 is 0. The van der Waals surface area contributed by atoms with Crippen LogP contribution < -0.4 is 10.2 Å². The second-order valence-corrected chi connectivity index (χ2v) is 5.41. The Morgan fingerprint density at radius 3 is 2.67 bits per heavy atom.